The Balaban J connectivity index is 4.12. The highest BCUT2D eigenvalue weighted by Crippen LogP contribution is 1.99. The van der Waals surface area contributed by atoms with Crippen molar-refractivity contribution in [3.63, 3.8) is 0 Å². The van der Waals surface area contributed by atoms with Crippen LogP contribution in [0.2, 0.25) is 0 Å². The third-order valence-corrected chi connectivity index (χ3v) is 1.43. The van der Waals surface area contributed by atoms with Gasteiger partial charge >= 0.3 is 5.97 Å². The molecule has 0 aromatic rings. The SMILES string of the molecule is C=CC(C)=COC(=O)C(C)=CC. The van der Waals surface area contributed by atoms with E-state index in [0.717, 1.165) is 5.57 Å². The quantitative estimate of drug-likeness (QED) is 0.279. The van der Waals surface area contributed by atoms with Crippen LogP contribution in [-0.2, 0) is 9.53 Å². The van der Waals surface area contributed by atoms with Gasteiger partial charge < -0.3 is 4.74 Å². The van der Waals surface area contributed by atoms with Gasteiger partial charge in [-0.15, -0.1) is 0 Å². The van der Waals surface area contributed by atoms with Crippen molar-refractivity contribution in [2.45, 2.75) is 20.8 Å². The summed E-state index contributed by atoms with van der Waals surface area (Å²) in [7, 11) is 0. The van der Waals surface area contributed by atoms with E-state index in [0.29, 0.717) is 5.57 Å². The highest BCUT2D eigenvalue weighted by atomic mass is 16.5. The summed E-state index contributed by atoms with van der Waals surface area (Å²) in [6.07, 6.45) is 4.72. The number of carbonyl (C=O) groups excluding carboxylic acids is 1. The van der Waals surface area contributed by atoms with Crippen LogP contribution in [0.3, 0.4) is 0 Å². The summed E-state index contributed by atoms with van der Waals surface area (Å²) in [5.41, 5.74) is 1.43. The number of ether oxygens (including phenoxy) is 1. The summed E-state index contributed by atoms with van der Waals surface area (Å²) in [5.74, 6) is -0.321. The highest BCUT2D eigenvalue weighted by Gasteiger charge is 2.01. The molecule has 0 fully saturated rings. The molecule has 2 nitrogen and oxygen atoms in total. The van der Waals surface area contributed by atoms with Crippen molar-refractivity contribution < 1.29 is 9.53 Å². The average molecular weight is 166 g/mol. The number of hydrogen-bond acceptors (Lipinski definition) is 2. The van der Waals surface area contributed by atoms with E-state index in [1.165, 1.54) is 6.26 Å². The first-order valence-corrected chi connectivity index (χ1v) is 3.75. The molecule has 0 aliphatic heterocycles. The predicted octanol–water partition coefficient (Wildman–Crippen LogP) is 2.59. The molecule has 0 radical (unpaired) electrons. The summed E-state index contributed by atoms with van der Waals surface area (Å²) < 4.78 is 4.81. The van der Waals surface area contributed by atoms with Crippen LogP contribution < -0.4 is 0 Å². The lowest BCUT2D eigenvalue weighted by atomic mass is 10.3. The highest BCUT2D eigenvalue weighted by molar-refractivity contribution is 5.88. The maximum absolute atomic E-state index is 11.0. The molecular formula is C10H14O2. The number of hydrogen-bond donors (Lipinski definition) is 0. The van der Waals surface area contributed by atoms with E-state index >= 15 is 0 Å². The first kappa shape index (κ1) is 10.7. The van der Waals surface area contributed by atoms with E-state index in [-0.39, 0.29) is 5.97 Å². The average Bonchev–Trinajstić information content (AvgIpc) is 2.11. The summed E-state index contributed by atoms with van der Waals surface area (Å²) in [6.45, 7) is 8.84. The van der Waals surface area contributed by atoms with E-state index in [9.17, 15) is 4.79 Å². The fourth-order valence-corrected chi connectivity index (χ4v) is 0.405. The lowest BCUT2D eigenvalue weighted by molar-refractivity contribution is -0.133. The van der Waals surface area contributed by atoms with Gasteiger partial charge in [-0.3, -0.25) is 0 Å². The third-order valence-electron chi connectivity index (χ3n) is 1.43. The summed E-state index contributed by atoms with van der Waals surface area (Å²) in [4.78, 5) is 11.0. The van der Waals surface area contributed by atoms with Gasteiger partial charge in [-0.2, -0.15) is 0 Å². The normalized spacial score (nSPS) is 12.6. The molecule has 0 saturated heterocycles. The smallest absolute Gasteiger partial charge is 0.338 e. The van der Waals surface area contributed by atoms with Crippen LogP contribution in [0.15, 0.2) is 36.1 Å². The van der Waals surface area contributed by atoms with E-state index < -0.39 is 0 Å². The zero-order valence-electron chi connectivity index (χ0n) is 7.76. The van der Waals surface area contributed by atoms with E-state index in [1.54, 1.807) is 26.0 Å². The van der Waals surface area contributed by atoms with E-state index in [2.05, 4.69) is 6.58 Å². The monoisotopic (exact) mass is 166 g/mol. The van der Waals surface area contributed by atoms with Crippen molar-refractivity contribution >= 4 is 5.97 Å². The molecule has 0 aromatic carbocycles. The molecule has 0 bridgehead atoms. The molecule has 0 unspecified atom stereocenters. The van der Waals surface area contributed by atoms with Gasteiger partial charge in [0.2, 0.25) is 0 Å². The van der Waals surface area contributed by atoms with Gasteiger partial charge in [-0.05, 0) is 26.3 Å². The maximum atomic E-state index is 11.0. The van der Waals surface area contributed by atoms with Gasteiger partial charge in [0.15, 0.2) is 0 Å². The van der Waals surface area contributed by atoms with E-state index in [4.69, 9.17) is 4.74 Å². The molecule has 0 N–H and O–H groups in total. The fraction of sp³-hybridized carbons (Fsp3) is 0.300. The van der Waals surface area contributed by atoms with Crippen molar-refractivity contribution in [2.75, 3.05) is 0 Å². The minimum absolute atomic E-state index is 0.321. The standard InChI is InChI=1S/C10H14O2/c1-5-8(3)7-12-10(11)9(4)6-2/h5-7H,1H2,2-4H3. The Kier molecular flexibility index (Phi) is 4.77. The van der Waals surface area contributed by atoms with Gasteiger partial charge in [0, 0.05) is 5.57 Å². The molecule has 0 heterocycles. The van der Waals surface area contributed by atoms with Crippen LogP contribution in [0, 0.1) is 0 Å². The Morgan fingerprint density at radius 1 is 1.42 bits per heavy atom. The van der Waals surface area contributed by atoms with E-state index in [1.807, 2.05) is 6.92 Å². The van der Waals surface area contributed by atoms with Gasteiger partial charge in [0.1, 0.15) is 0 Å². The summed E-state index contributed by atoms with van der Waals surface area (Å²) in [6, 6.07) is 0. The molecule has 0 aromatic heterocycles. The Morgan fingerprint density at radius 3 is 2.42 bits per heavy atom. The second kappa shape index (κ2) is 5.35. The largest absolute Gasteiger partial charge is 0.431 e. The first-order chi connectivity index (χ1) is 5.61. The summed E-state index contributed by atoms with van der Waals surface area (Å²) in [5, 5.41) is 0. The van der Waals surface area contributed by atoms with Crippen LogP contribution in [0.1, 0.15) is 20.8 Å². The lowest BCUT2D eigenvalue weighted by Gasteiger charge is -1.98. The Hall–Kier alpha value is -1.31. The Morgan fingerprint density at radius 2 is 2.00 bits per heavy atom. The molecular weight excluding hydrogens is 152 g/mol. The van der Waals surface area contributed by atoms with Crippen LogP contribution >= 0.6 is 0 Å². The topological polar surface area (TPSA) is 26.3 Å². The molecule has 0 aliphatic rings. The molecule has 0 rings (SSSR count). The molecule has 12 heavy (non-hydrogen) atoms. The van der Waals surface area contributed by atoms with Crippen LogP contribution in [0.4, 0.5) is 0 Å². The van der Waals surface area contributed by atoms with Gasteiger partial charge in [-0.1, -0.05) is 18.7 Å². The van der Waals surface area contributed by atoms with Gasteiger partial charge in [0.05, 0.1) is 6.26 Å². The third kappa shape index (κ3) is 3.76. The minimum atomic E-state index is -0.321. The van der Waals surface area contributed by atoms with Crippen molar-refractivity contribution in [3.8, 4) is 0 Å². The molecule has 0 amide bonds. The Labute approximate surface area is 73.2 Å². The number of allylic oxidation sites excluding steroid dienone is 3. The number of esters is 1. The minimum Gasteiger partial charge on any atom is -0.431 e. The number of carbonyl (C=O) groups is 1. The molecule has 0 saturated carbocycles. The van der Waals surface area contributed by atoms with Crippen LogP contribution in [0.25, 0.3) is 0 Å². The van der Waals surface area contributed by atoms with Crippen LogP contribution in [0.5, 0.6) is 0 Å². The fourth-order valence-electron chi connectivity index (χ4n) is 0.405. The van der Waals surface area contributed by atoms with Crippen molar-refractivity contribution in [1.29, 1.82) is 0 Å². The van der Waals surface area contributed by atoms with Gasteiger partial charge in [0.25, 0.3) is 0 Å². The second-order valence-electron chi connectivity index (χ2n) is 2.44. The molecule has 66 valence electrons. The second-order valence-corrected chi connectivity index (χ2v) is 2.44. The zero-order chi connectivity index (χ0) is 9.56. The Bertz CT molecular complexity index is 234. The lowest BCUT2D eigenvalue weighted by Crippen LogP contribution is -2.00. The zero-order valence-corrected chi connectivity index (χ0v) is 7.76. The molecule has 0 spiro atoms. The number of rotatable bonds is 3. The van der Waals surface area contributed by atoms with Gasteiger partial charge in [-0.25, -0.2) is 4.79 Å². The van der Waals surface area contributed by atoms with Crippen molar-refractivity contribution in [2.24, 2.45) is 0 Å². The van der Waals surface area contributed by atoms with Crippen molar-refractivity contribution in [1.82, 2.24) is 0 Å². The maximum Gasteiger partial charge on any atom is 0.338 e. The molecule has 0 atom stereocenters. The van der Waals surface area contributed by atoms with Crippen LogP contribution in [-0.4, -0.2) is 5.97 Å². The molecule has 2 heteroatoms. The first-order valence-electron chi connectivity index (χ1n) is 3.75. The summed E-state index contributed by atoms with van der Waals surface area (Å²) >= 11 is 0. The van der Waals surface area contributed by atoms with Crippen molar-refractivity contribution in [3.05, 3.63) is 36.1 Å². The predicted molar refractivity (Wildman–Crippen MR) is 49.5 cm³/mol. The molecule has 0 aliphatic carbocycles.